The van der Waals surface area contributed by atoms with Gasteiger partial charge in [-0.3, -0.25) is 4.79 Å². The number of rotatable bonds is 2. The van der Waals surface area contributed by atoms with Gasteiger partial charge in [-0.2, -0.15) is 0 Å². The highest BCUT2D eigenvalue weighted by Crippen LogP contribution is 2.23. The van der Waals surface area contributed by atoms with Crippen LogP contribution in [0, 0.1) is 0 Å². The maximum absolute atomic E-state index is 11.9. The Morgan fingerprint density at radius 2 is 1.89 bits per heavy atom. The van der Waals surface area contributed by atoms with E-state index in [4.69, 9.17) is 5.73 Å². The van der Waals surface area contributed by atoms with Crippen LogP contribution >= 0.6 is 0 Å². The summed E-state index contributed by atoms with van der Waals surface area (Å²) in [5.41, 5.74) is 6.62. The van der Waals surface area contributed by atoms with E-state index in [1.54, 1.807) is 24.3 Å². The number of phenolic OH excluding ortho intramolecular Hbond substituents is 2. The Morgan fingerprint density at radius 1 is 1.11 bits per heavy atom. The number of nitrogens with two attached hydrogens (primary N) is 1. The number of carbonyl (C=O) groups is 1. The first-order chi connectivity index (χ1) is 8.56. The van der Waals surface area contributed by atoms with Crippen molar-refractivity contribution in [3.63, 3.8) is 0 Å². The fourth-order valence-electron chi connectivity index (χ4n) is 1.52. The number of carbonyl (C=O) groups excluding carboxylic acids is 1. The van der Waals surface area contributed by atoms with Gasteiger partial charge in [0.05, 0.1) is 5.56 Å². The number of hydrogen-bond acceptors (Lipinski definition) is 4. The molecule has 0 saturated heterocycles. The van der Waals surface area contributed by atoms with E-state index in [9.17, 15) is 15.0 Å². The minimum Gasteiger partial charge on any atom is -0.508 e. The first-order valence-corrected chi connectivity index (χ1v) is 5.25. The number of phenols is 2. The van der Waals surface area contributed by atoms with Crippen molar-refractivity contribution in [3.05, 3.63) is 48.0 Å². The summed E-state index contributed by atoms with van der Waals surface area (Å²) in [4.78, 5) is 11.9. The molecule has 2 rings (SSSR count). The molecule has 0 atom stereocenters. The SMILES string of the molecule is Nc1cccc(NC(=O)c2cc(O)ccc2O)c1. The van der Waals surface area contributed by atoms with Crippen LogP contribution in [0.4, 0.5) is 11.4 Å². The van der Waals surface area contributed by atoms with E-state index in [0.29, 0.717) is 11.4 Å². The first-order valence-electron chi connectivity index (χ1n) is 5.25. The number of aromatic hydroxyl groups is 2. The summed E-state index contributed by atoms with van der Waals surface area (Å²) in [6, 6.07) is 10.4. The van der Waals surface area contributed by atoms with E-state index in [-0.39, 0.29) is 17.1 Å². The molecule has 0 fully saturated rings. The third-order valence-corrected chi connectivity index (χ3v) is 2.37. The molecule has 2 aromatic carbocycles. The van der Waals surface area contributed by atoms with Crippen molar-refractivity contribution in [2.45, 2.75) is 0 Å². The lowest BCUT2D eigenvalue weighted by Gasteiger charge is -2.07. The van der Waals surface area contributed by atoms with Crippen molar-refractivity contribution in [2.75, 3.05) is 11.1 Å². The zero-order chi connectivity index (χ0) is 13.1. The molecule has 0 spiro atoms. The van der Waals surface area contributed by atoms with Crippen LogP contribution in [0.15, 0.2) is 42.5 Å². The van der Waals surface area contributed by atoms with E-state index in [0.717, 1.165) is 0 Å². The Hall–Kier alpha value is -2.69. The summed E-state index contributed by atoms with van der Waals surface area (Å²) in [7, 11) is 0. The monoisotopic (exact) mass is 244 g/mol. The maximum Gasteiger partial charge on any atom is 0.259 e. The van der Waals surface area contributed by atoms with Gasteiger partial charge in [-0.05, 0) is 36.4 Å². The predicted molar refractivity (Wildman–Crippen MR) is 68.6 cm³/mol. The van der Waals surface area contributed by atoms with E-state index in [1.165, 1.54) is 18.2 Å². The van der Waals surface area contributed by atoms with Crippen molar-refractivity contribution >= 4 is 17.3 Å². The van der Waals surface area contributed by atoms with Gasteiger partial charge >= 0.3 is 0 Å². The summed E-state index contributed by atoms with van der Waals surface area (Å²) in [6.45, 7) is 0. The van der Waals surface area contributed by atoms with Gasteiger partial charge in [0, 0.05) is 11.4 Å². The van der Waals surface area contributed by atoms with Gasteiger partial charge < -0.3 is 21.3 Å². The average molecular weight is 244 g/mol. The molecule has 0 aliphatic rings. The summed E-state index contributed by atoms with van der Waals surface area (Å²) in [6.07, 6.45) is 0. The van der Waals surface area contributed by atoms with Crippen LogP contribution in [0.1, 0.15) is 10.4 Å². The summed E-state index contributed by atoms with van der Waals surface area (Å²) < 4.78 is 0. The Morgan fingerprint density at radius 3 is 2.61 bits per heavy atom. The van der Waals surface area contributed by atoms with Crippen LogP contribution in [0.5, 0.6) is 11.5 Å². The van der Waals surface area contributed by atoms with Gasteiger partial charge in [-0.1, -0.05) is 6.07 Å². The van der Waals surface area contributed by atoms with E-state index < -0.39 is 5.91 Å². The van der Waals surface area contributed by atoms with Gasteiger partial charge in [-0.25, -0.2) is 0 Å². The van der Waals surface area contributed by atoms with Crippen LogP contribution < -0.4 is 11.1 Å². The Balaban J connectivity index is 2.24. The molecule has 0 aliphatic carbocycles. The molecule has 0 radical (unpaired) electrons. The number of anilines is 2. The highest BCUT2D eigenvalue weighted by atomic mass is 16.3. The average Bonchev–Trinajstić information content (AvgIpc) is 2.32. The third kappa shape index (κ3) is 2.52. The van der Waals surface area contributed by atoms with E-state index in [2.05, 4.69) is 5.32 Å². The second kappa shape index (κ2) is 4.67. The highest BCUT2D eigenvalue weighted by molar-refractivity contribution is 6.06. The number of benzene rings is 2. The van der Waals surface area contributed by atoms with Crippen LogP contribution in [-0.2, 0) is 0 Å². The lowest BCUT2D eigenvalue weighted by atomic mass is 10.1. The summed E-state index contributed by atoms with van der Waals surface area (Å²) in [5, 5.41) is 21.4. The molecule has 0 unspecified atom stereocenters. The minimum atomic E-state index is -0.519. The Bertz CT molecular complexity index is 597. The van der Waals surface area contributed by atoms with Crippen LogP contribution in [0.2, 0.25) is 0 Å². The van der Waals surface area contributed by atoms with Crippen molar-refractivity contribution < 1.29 is 15.0 Å². The molecule has 0 heterocycles. The molecule has 0 aliphatic heterocycles. The number of nitrogen functional groups attached to an aromatic ring is 1. The normalized spacial score (nSPS) is 10.0. The topological polar surface area (TPSA) is 95.6 Å². The summed E-state index contributed by atoms with van der Waals surface area (Å²) in [5.74, 6) is -0.811. The Labute approximate surface area is 103 Å². The third-order valence-electron chi connectivity index (χ3n) is 2.37. The van der Waals surface area contributed by atoms with E-state index >= 15 is 0 Å². The molecule has 0 saturated carbocycles. The Kier molecular flexibility index (Phi) is 3.05. The van der Waals surface area contributed by atoms with Crippen LogP contribution in [-0.4, -0.2) is 16.1 Å². The van der Waals surface area contributed by atoms with Crippen molar-refractivity contribution in [3.8, 4) is 11.5 Å². The van der Waals surface area contributed by atoms with E-state index in [1.807, 2.05) is 0 Å². The number of hydrogen-bond donors (Lipinski definition) is 4. The quantitative estimate of drug-likeness (QED) is 0.479. The molecule has 5 N–H and O–H groups in total. The van der Waals surface area contributed by atoms with Gasteiger partial charge in [0.15, 0.2) is 0 Å². The van der Waals surface area contributed by atoms with Crippen LogP contribution in [0.3, 0.4) is 0 Å². The van der Waals surface area contributed by atoms with Gasteiger partial charge in [0.1, 0.15) is 11.5 Å². The lowest BCUT2D eigenvalue weighted by molar-refractivity contribution is 0.102. The predicted octanol–water partition coefficient (Wildman–Crippen LogP) is 1.93. The number of nitrogens with one attached hydrogen (secondary N) is 1. The minimum absolute atomic E-state index is 0.00238. The van der Waals surface area contributed by atoms with Gasteiger partial charge in [0.25, 0.3) is 5.91 Å². The van der Waals surface area contributed by atoms with Crippen LogP contribution in [0.25, 0.3) is 0 Å². The molecule has 1 amide bonds. The first kappa shape index (κ1) is 11.8. The number of amides is 1. The molecular formula is C13H12N2O3. The zero-order valence-corrected chi connectivity index (χ0v) is 9.42. The second-order valence-electron chi connectivity index (χ2n) is 3.78. The summed E-state index contributed by atoms with van der Waals surface area (Å²) >= 11 is 0. The standard InChI is InChI=1S/C13H12N2O3/c14-8-2-1-3-9(6-8)15-13(18)11-7-10(16)4-5-12(11)17/h1-7,16-17H,14H2,(H,15,18). The van der Waals surface area contributed by atoms with Crippen molar-refractivity contribution in [2.24, 2.45) is 0 Å². The molecule has 5 heteroatoms. The molecule has 18 heavy (non-hydrogen) atoms. The second-order valence-corrected chi connectivity index (χ2v) is 3.78. The molecular weight excluding hydrogens is 232 g/mol. The molecule has 92 valence electrons. The zero-order valence-electron chi connectivity index (χ0n) is 9.42. The lowest BCUT2D eigenvalue weighted by Crippen LogP contribution is -2.12. The van der Waals surface area contributed by atoms with Crippen molar-refractivity contribution in [1.82, 2.24) is 0 Å². The largest absolute Gasteiger partial charge is 0.508 e. The fraction of sp³-hybridized carbons (Fsp3) is 0. The van der Waals surface area contributed by atoms with Gasteiger partial charge in [-0.15, -0.1) is 0 Å². The highest BCUT2D eigenvalue weighted by Gasteiger charge is 2.12. The molecule has 0 bridgehead atoms. The smallest absolute Gasteiger partial charge is 0.259 e. The molecule has 0 aromatic heterocycles. The van der Waals surface area contributed by atoms with Gasteiger partial charge in [0.2, 0.25) is 0 Å². The molecule has 2 aromatic rings. The molecule has 5 nitrogen and oxygen atoms in total. The van der Waals surface area contributed by atoms with Crippen molar-refractivity contribution in [1.29, 1.82) is 0 Å². The fourth-order valence-corrected chi connectivity index (χ4v) is 1.52. The maximum atomic E-state index is 11.9.